The third kappa shape index (κ3) is 4.47. The average molecular weight is 446 g/mol. The normalized spacial score (nSPS) is 10.6. The van der Waals surface area contributed by atoms with Crippen LogP contribution < -0.4 is 19.5 Å². The Morgan fingerprint density at radius 1 is 0.909 bits per heavy atom. The van der Waals surface area contributed by atoms with Crippen molar-refractivity contribution in [2.24, 2.45) is 0 Å². The fourth-order valence-electron chi connectivity index (χ4n) is 3.38. The van der Waals surface area contributed by atoms with E-state index < -0.39 is 5.91 Å². The van der Waals surface area contributed by atoms with Crippen LogP contribution in [0.25, 0.3) is 22.3 Å². The number of nitrogens with one attached hydrogen (secondary N) is 2. The van der Waals surface area contributed by atoms with E-state index in [0.717, 1.165) is 16.6 Å². The van der Waals surface area contributed by atoms with E-state index >= 15 is 0 Å². The lowest BCUT2D eigenvalue weighted by Crippen LogP contribution is -2.30. The van der Waals surface area contributed by atoms with E-state index in [0.29, 0.717) is 28.5 Å². The Bertz CT molecular complexity index is 1330. The van der Waals surface area contributed by atoms with Crippen molar-refractivity contribution in [3.8, 4) is 28.5 Å². The minimum atomic E-state index is -0.415. The van der Waals surface area contributed by atoms with Crippen molar-refractivity contribution < 1.29 is 23.8 Å². The zero-order chi connectivity index (χ0) is 23.4. The summed E-state index contributed by atoms with van der Waals surface area (Å²) in [4.78, 5) is 37.1. The maximum atomic E-state index is 12.8. The van der Waals surface area contributed by atoms with Gasteiger partial charge in [0.2, 0.25) is 0 Å². The van der Waals surface area contributed by atoms with E-state index in [1.54, 1.807) is 43.8 Å². The number of nitrogens with zero attached hydrogens (tertiary/aromatic N) is 2. The minimum Gasteiger partial charge on any atom is -0.494 e. The van der Waals surface area contributed by atoms with E-state index in [-0.39, 0.29) is 18.0 Å². The van der Waals surface area contributed by atoms with Crippen molar-refractivity contribution in [2.45, 2.75) is 0 Å². The molecule has 0 spiro atoms. The van der Waals surface area contributed by atoms with Crippen LogP contribution in [0.2, 0.25) is 0 Å². The SMILES string of the molecule is COc1ccc(C(=O)NCC(=O)c2ccc(OC)c(-c3ccc4[nH]cnc4c3)n2)cc1OC. The van der Waals surface area contributed by atoms with Crippen LogP contribution in [0.1, 0.15) is 20.8 Å². The number of hydrogen-bond donors (Lipinski definition) is 2. The highest BCUT2D eigenvalue weighted by Gasteiger charge is 2.17. The Labute approximate surface area is 189 Å². The Morgan fingerprint density at radius 3 is 2.42 bits per heavy atom. The summed E-state index contributed by atoms with van der Waals surface area (Å²) in [5, 5.41) is 2.62. The molecule has 0 radical (unpaired) electrons. The Kier molecular flexibility index (Phi) is 6.21. The van der Waals surface area contributed by atoms with Gasteiger partial charge in [0.05, 0.1) is 45.2 Å². The molecule has 9 nitrogen and oxygen atoms in total. The van der Waals surface area contributed by atoms with Crippen molar-refractivity contribution in [3.05, 3.63) is 66.1 Å². The number of methoxy groups -OCH3 is 3. The third-order valence-electron chi connectivity index (χ3n) is 5.11. The van der Waals surface area contributed by atoms with Crippen molar-refractivity contribution in [3.63, 3.8) is 0 Å². The summed E-state index contributed by atoms with van der Waals surface area (Å²) in [6.45, 7) is -0.218. The molecule has 0 bridgehead atoms. The summed E-state index contributed by atoms with van der Waals surface area (Å²) in [5.41, 5.74) is 3.49. The number of pyridine rings is 1. The molecule has 4 aromatic rings. The van der Waals surface area contributed by atoms with Crippen LogP contribution in [0.15, 0.2) is 54.9 Å². The molecule has 0 unspecified atom stereocenters. The number of amides is 1. The molecule has 0 aliphatic carbocycles. The average Bonchev–Trinajstić information content (AvgIpc) is 3.34. The second-order valence-corrected chi connectivity index (χ2v) is 7.06. The first-order valence-corrected chi connectivity index (χ1v) is 10.1. The Morgan fingerprint density at radius 2 is 1.67 bits per heavy atom. The fraction of sp³-hybridized carbons (Fsp3) is 0.167. The van der Waals surface area contributed by atoms with Crippen LogP contribution in [0.3, 0.4) is 0 Å². The summed E-state index contributed by atoms with van der Waals surface area (Å²) in [6.07, 6.45) is 1.61. The van der Waals surface area contributed by atoms with Crippen LogP contribution in [0.4, 0.5) is 0 Å². The summed E-state index contributed by atoms with van der Waals surface area (Å²) >= 11 is 0. The first kappa shape index (κ1) is 21.8. The molecule has 4 rings (SSSR count). The third-order valence-corrected chi connectivity index (χ3v) is 5.11. The molecule has 2 N–H and O–H groups in total. The number of carbonyl (C=O) groups excluding carboxylic acids is 2. The van der Waals surface area contributed by atoms with E-state index in [1.807, 2.05) is 18.2 Å². The van der Waals surface area contributed by atoms with Crippen molar-refractivity contribution in [1.29, 1.82) is 0 Å². The Balaban J connectivity index is 1.52. The number of benzene rings is 2. The van der Waals surface area contributed by atoms with E-state index in [4.69, 9.17) is 14.2 Å². The van der Waals surface area contributed by atoms with Crippen LogP contribution in [0, 0.1) is 0 Å². The second kappa shape index (κ2) is 9.39. The minimum absolute atomic E-state index is 0.209. The van der Waals surface area contributed by atoms with Gasteiger partial charge in [-0.1, -0.05) is 6.07 Å². The number of fused-ring (bicyclic) bond motifs is 1. The molecule has 0 aliphatic heterocycles. The smallest absolute Gasteiger partial charge is 0.251 e. The quantitative estimate of drug-likeness (QED) is 0.399. The lowest BCUT2D eigenvalue weighted by Gasteiger charge is -2.11. The lowest BCUT2D eigenvalue weighted by atomic mass is 10.1. The van der Waals surface area contributed by atoms with Crippen LogP contribution in [0.5, 0.6) is 17.2 Å². The molecule has 168 valence electrons. The van der Waals surface area contributed by atoms with E-state index in [9.17, 15) is 9.59 Å². The predicted octanol–water partition coefficient (Wildman–Crippen LogP) is 3.26. The maximum absolute atomic E-state index is 12.8. The molecule has 0 fully saturated rings. The molecular weight excluding hydrogens is 424 g/mol. The van der Waals surface area contributed by atoms with Gasteiger partial charge in [0.15, 0.2) is 17.3 Å². The first-order chi connectivity index (χ1) is 16.0. The largest absolute Gasteiger partial charge is 0.494 e. The summed E-state index contributed by atoms with van der Waals surface area (Å²) in [5.74, 6) is 0.700. The molecule has 2 aromatic carbocycles. The van der Waals surface area contributed by atoms with Crippen molar-refractivity contribution >= 4 is 22.7 Å². The lowest BCUT2D eigenvalue weighted by molar-refractivity contribution is 0.0902. The van der Waals surface area contributed by atoms with Gasteiger partial charge in [-0.3, -0.25) is 9.59 Å². The van der Waals surface area contributed by atoms with Gasteiger partial charge in [-0.2, -0.15) is 0 Å². The highest BCUT2D eigenvalue weighted by Crippen LogP contribution is 2.30. The number of H-pyrrole nitrogens is 1. The van der Waals surface area contributed by atoms with Gasteiger partial charge in [0.25, 0.3) is 5.91 Å². The van der Waals surface area contributed by atoms with Crippen molar-refractivity contribution in [2.75, 3.05) is 27.9 Å². The number of carbonyl (C=O) groups is 2. The van der Waals surface area contributed by atoms with Crippen molar-refractivity contribution in [1.82, 2.24) is 20.3 Å². The van der Waals surface area contributed by atoms with E-state index in [1.165, 1.54) is 14.2 Å². The number of rotatable bonds is 8. The van der Waals surface area contributed by atoms with Gasteiger partial charge in [0.1, 0.15) is 17.1 Å². The zero-order valence-corrected chi connectivity index (χ0v) is 18.3. The molecule has 0 saturated heterocycles. The van der Waals surface area contributed by atoms with Crippen LogP contribution in [-0.4, -0.2) is 54.5 Å². The topological polar surface area (TPSA) is 115 Å². The zero-order valence-electron chi connectivity index (χ0n) is 18.3. The number of aromatic nitrogens is 3. The predicted molar refractivity (Wildman–Crippen MR) is 122 cm³/mol. The second-order valence-electron chi connectivity index (χ2n) is 7.06. The number of ketones is 1. The number of ether oxygens (including phenoxy) is 3. The van der Waals surface area contributed by atoms with Crippen LogP contribution in [-0.2, 0) is 0 Å². The molecule has 2 aromatic heterocycles. The molecule has 0 atom stereocenters. The molecule has 1 amide bonds. The molecule has 2 heterocycles. The highest BCUT2D eigenvalue weighted by atomic mass is 16.5. The van der Waals surface area contributed by atoms with Gasteiger partial charge in [-0.25, -0.2) is 9.97 Å². The van der Waals surface area contributed by atoms with Crippen LogP contribution >= 0.6 is 0 Å². The molecule has 9 heteroatoms. The van der Waals surface area contributed by atoms with Gasteiger partial charge >= 0.3 is 0 Å². The summed E-state index contributed by atoms with van der Waals surface area (Å²) < 4.78 is 15.8. The Hall–Kier alpha value is -4.40. The summed E-state index contributed by atoms with van der Waals surface area (Å²) in [6, 6.07) is 13.6. The monoisotopic (exact) mass is 446 g/mol. The number of aromatic amines is 1. The number of Topliss-reactive ketones (excluding diaryl/α,β-unsaturated/α-hetero) is 1. The fourth-order valence-corrected chi connectivity index (χ4v) is 3.38. The standard InChI is InChI=1S/C24H22N4O5/c1-31-20-8-5-15(11-22(20)33-3)24(30)25-12-19(29)17-7-9-21(32-2)23(28-17)14-4-6-16-18(10-14)27-13-26-16/h4-11,13H,12H2,1-3H3,(H,25,30)(H,26,27). The number of hydrogen-bond acceptors (Lipinski definition) is 7. The van der Waals surface area contributed by atoms with Gasteiger partial charge in [-0.15, -0.1) is 0 Å². The molecular formula is C24H22N4O5. The maximum Gasteiger partial charge on any atom is 0.251 e. The van der Waals surface area contributed by atoms with Gasteiger partial charge in [0, 0.05) is 11.1 Å². The first-order valence-electron chi connectivity index (χ1n) is 10.1. The van der Waals surface area contributed by atoms with E-state index in [2.05, 4.69) is 20.3 Å². The summed E-state index contributed by atoms with van der Waals surface area (Å²) in [7, 11) is 4.54. The van der Waals surface area contributed by atoms with Gasteiger partial charge < -0.3 is 24.5 Å². The molecule has 0 aliphatic rings. The highest BCUT2D eigenvalue weighted by molar-refractivity contribution is 6.01. The molecule has 0 saturated carbocycles. The van der Waals surface area contributed by atoms with Gasteiger partial charge in [-0.05, 0) is 42.5 Å². The number of imidazole rings is 1. The molecule has 33 heavy (non-hydrogen) atoms.